The van der Waals surface area contributed by atoms with Crippen LogP contribution in [0.15, 0.2) is 41.4 Å². The highest BCUT2D eigenvalue weighted by Gasteiger charge is 2.35. The van der Waals surface area contributed by atoms with Crippen molar-refractivity contribution in [3.05, 3.63) is 52.5 Å². The summed E-state index contributed by atoms with van der Waals surface area (Å²) in [6.45, 7) is 5.40. The van der Waals surface area contributed by atoms with Crippen molar-refractivity contribution in [1.29, 1.82) is 0 Å². The average molecular weight is 462 g/mol. The Morgan fingerprint density at radius 1 is 1.33 bits per heavy atom. The Hall–Kier alpha value is -1.97. The number of nitrogens with zero attached hydrogens (tertiary/aromatic N) is 2. The van der Waals surface area contributed by atoms with E-state index in [9.17, 15) is 13.2 Å². The summed E-state index contributed by atoms with van der Waals surface area (Å²) in [5, 5.41) is 11.2. The van der Waals surface area contributed by atoms with Crippen molar-refractivity contribution in [1.82, 2.24) is 10.3 Å². The summed E-state index contributed by atoms with van der Waals surface area (Å²) in [6.07, 6.45) is -4.44. The minimum atomic E-state index is -4.44. The van der Waals surface area contributed by atoms with Crippen molar-refractivity contribution in [2.45, 2.75) is 36.8 Å². The Labute approximate surface area is 182 Å². The van der Waals surface area contributed by atoms with Gasteiger partial charge in [-0.15, -0.1) is 11.8 Å². The number of rotatable bonds is 4. The zero-order chi connectivity index (χ0) is 22.3. The molecule has 3 rings (SSSR count). The van der Waals surface area contributed by atoms with Gasteiger partial charge in [0.25, 0.3) is 5.97 Å². The van der Waals surface area contributed by atoms with Crippen LogP contribution in [0.4, 0.5) is 19.0 Å². The number of halogens is 4. The summed E-state index contributed by atoms with van der Waals surface area (Å²) in [4.78, 5) is 15.4. The van der Waals surface area contributed by atoms with Gasteiger partial charge in [-0.1, -0.05) is 29.8 Å². The Morgan fingerprint density at radius 3 is 2.60 bits per heavy atom. The molecular weight excluding hydrogens is 439 g/mol. The lowest BCUT2D eigenvalue weighted by Gasteiger charge is -2.35. The third kappa shape index (κ3) is 7.07. The molecule has 1 aliphatic rings. The Balaban J connectivity index is 0.000000735. The molecule has 0 amide bonds. The Morgan fingerprint density at radius 2 is 2.00 bits per heavy atom. The molecule has 2 heterocycles. The fourth-order valence-electron chi connectivity index (χ4n) is 2.86. The molecule has 5 nitrogen and oxygen atoms in total. The van der Waals surface area contributed by atoms with E-state index in [1.54, 1.807) is 12.1 Å². The molecule has 2 aromatic rings. The third-order valence-electron chi connectivity index (χ3n) is 4.27. The van der Waals surface area contributed by atoms with Crippen LogP contribution in [0.3, 0.4) is 0 Å². The number of pyridine rings is 1. The van der Waals surface area contributed by atoms with Gasteiger partial charge in [0.2, 0.25) is 0 Å². The summed E-state index contributed by atoms with van der Waals surface area (Å²) in [7, 11) is 0. The molecule has 0 spiro atoms. The summed E-state index contributed by atoms with van der Waals surface area (Å²) in [5.74, 6) is 0.0738. The second-order valence-electron chi connectivity index (χ2n) is 6.67. The summed E-state index contributed by atoms with van der Waals surface area (Å²) in [5.41, 5.74) is 0.0797. The largest absolute Gasteiger partial charge is 0.481 e. The summed E-state index contributed by atoms with van der Waals surface area (Å²) >= 11 is 7.18. The SMILES string of the molecule is CC(=O)O.C[C@H]1CNCCN1c1ccc(C(F)(F)F)c(SCc2ccccc2Cl)n1. The van der Waals surface area contributed by atoms with E-state index in [2.05, 4.69) is 10.3 Å². The molecule has 0 bridgehead atoms. The van der Waals surface area contributed by atoms with Gasteiger partial charge in [-0.3, -0.25) is 4.79 Å². The first-order chi connectivity index (χ1) is 14.1. The lowest BCUT2D eigenvalue weighted by Crippen LogP contribution is -2.50. The molecular formula is C20H23ClF3N3O2S. The van der Waals surface area contributed by atoms with E-state index in [1.165, 1.54) is 6.07 Å². The number of aliphatic carboxylic acids is 1. The van der Waals surface area contributed by atoms with E-state index in [-0.39, 0.29) is 11.1 Å². The van der Waals surface area contributed by atoms with E-state index in [4.69, 9.17) is 21.5 Å². The van der Waals surface area contributed by atoms with Crippen molar-refractivity contribution in [2.75, 3.05) is 24.5 Å². The van der Waals surface area contributed by atoms with E-state index in [1.807, 2.05) is 24.0 Å². The number of piperazine rings is 1. The summed E-state index contributed by atoms with van der Waals surface area (Å²) < 4.78 is 40.2. The number of benzene rings is 1. The molecule has 1 aromatic heterocycles. The van der Waals surface area contributed by atoms with Crippen molar-refractivity contribution in [3.63, 3.8) is 0 Å². The number of anilines is 1. The zero-order valence-corrected chi connectivity index (χ0v) is 18.1. The van der Waals surface area contributed by atoms with Crippen molar-refractivity contribution in [3.8, 4) is 0 Å². The normalized spacial score (nSPS) is 16.6. The van der Waals surface area contributed by atoms with Crippen LogP contribution in [-0.2, 0) is 16.7 Å². The van der Waals surface area contributed by atoms with Crippen LogP contribution < -0.4 is 10.2 Å². The van der Waals surface area contributed by atoms with Crippen LogP contribution in [0.1, 0.15) is 25.0 Å². The van der Waals surface area contributed by atoms with Gasteiger partial charge in [0.1, 0.15) is 10.8 Å². The van der Waals surface area contributed by atoms with E-state index < -0.39 is 17.7 Å². The molecule has 30 heavy (non-hydrogen) atoms. The van der Waals surface area contributed by atoms with E-state index in [0.29, 0.717) is 23.1 Å². The van der Waals surface area contributed by atoms with E-state index in [0.717, 1.165) is 43.4 Å². The number of alkyl halides is 3. The number of carboxylic acids is 1. The second kappa shape index (κ2) is 10.9. The van der Waals surface area contributed by atoms with Gasteiger partial charge < -0.3 is 15.3 Å². The minimum absolute atomic E-state index is 0.0133. The first-order valence-electron chi connectivity index (χ1n) is 9.21. The van der Waals surface area contributed by atoms with Gasteiger partial charge in [-0.05, 0) is 30.7 Å². The minimum Gasteiger partial charge on any atom is -0.481 e. The van der Waals surface area contributed by atoms with E-state index >= 15 is 0 Å². The molecule has 10 heteroatoms. The maximum absolute atomic E-state index is 13.4. The summed E-state index contributed by atoms with van der Waals surface area (Å²) in [6, 6.07) is 9.92. The molecule has 0 unspecified atom stereocenters. The molecule has 0 radical (unpaired) electrons. The van der Waals surface area contributed by atoms with Gasteiger partial charge in [-0.25, -0.2) is 4.98 Å². The monoisotopic (exact) mass is 461 g/mol. The highest BCUT2D eigenvalue weighted by Crippen LogP contribution is 2.38. The number of hydrogen-bond acceptors (Lipinski definition) is 5. The molecule has 164 valence electrons. The first-order valence-corrected chi connectivity index (χ1v) is 10.6. The van der Waals surface area contributed by atoms with Crippen molar-refractivity contribution in [2.24, 2.45) is 0 Å². The van der Waals surface area contributed by atoms with Gasteiger partial charge in [0.05, 0.1) is 5.56 Å². The number of carbonyl (C=O) groups is 1. The number of nitrogens with one attached hydrogen (secondary N) is 1. The maximum Gasteiger partial charge on any atom is 0.419 e. The van der Waals surface area contributed by atoms with Gasteiger partial charge in [-0.2, -0.15) is 13.2 Å². The van der Waals surface area contributed by atoms with Crippen LogP contribution >= 0.6 is 23.4 Å². The zero-order valence-electron chi connectivity index (χ0n) is 16.5. The Kier molecular flexibility index (Phi) is 8.81. The van der Waals surface area contributed by atoms with Crippen LogP contribution in [0.2, 0.25) is 5.02 Å². The number of aromatic nitrogens is 1. The number of hydrogen-bond donors (Lipinski definition) is 2. The number of carboxylic acid groups (broad SMARTS) is 1. The molecule has 1 fully saturated rings. The third-order valence-corrected chi connectivity index (χ3v) is 5.68. The first kappa shape index (κ1) is 24.3. The highest BCUT2D eigenvalue weighted by atomic mass is 35.5. The molecule has 1 saturated heterocycles. The predicted molar refractivity (Wildman–Crippen MR) is 113 cm³/mol. The molecule has 0 aliphatic carbocycles. The number of thioether (sulfide) groups is 1. The lowest BCUT2D eigenvalue weighted by molar-refractivity contribution is -0.140. The van der Waals surface area contributed by atoms with Gasteiger partial charge in [0.15, 0.2) is 0 Å². The lowest BCUT2D eigenvalue weighted by atomic mass is 10.2. The maximum atomic E-state index is 13.4. The highest BCUT2D eigenvalue weighted by molar-refractivity contribution is 7.98. The standard InChI is InChI=1S/C18H19ClF3N3S.C2H4O2/c1-12-10-23-8-9-25(12)16-7-6-14(18(20,21)22)17(24-16)26-11-13-4-2-3-5-15(13)19;1-2(3)4/h2-7,12,23H,8-11H2,1H3;1H3,(H,3,4)/t12-;/m0./s1. The molecule has 1 atom stereocenters. The smallest absolute Gasteiger partial charge is 0.419 e. The van der Waals surface area contributed by atoms with Gasteiger partial charge >= 0.3 is 6.18 Å². The van der Waals surface area contributed by atoms with Crippen LogP contribution in [0.5, 0.6) is 0 Å². The van der Waals surface area contributed by atoms with Crippen LogP contribution in [0.25, 0.3) is 0 Å². The second-order valence-corrected chi connectivity index (χ2v) is 8.04. The molecule has 2 N–H and O–H groups in total. The molecule has 0 saturated carbocycles. The average Bonchev–Trinajstić information content (AvgIpc) is 2.66. The quantitative estimate of drug-likeness (QED) is 0.629. The topological polar surface area (TPSA) is 65.5 Å². The Bertz CT molecular complexity index is 863. The van der Waals surface area contributed by atoms with Crippen molar-refractivity contribution < 1.29 is 23.1 Å². The predicted octanol–water partition coefficient (Wildman–Crippen LogP) is 4.94. The van der Waals surface area contributed by atoms with Crippen molar-refractivity contribution >= 4 is 35.1 Å². The fourth-order valence-corrected chi connectivity index (χ4v) is 4.18. The van der Waals surface area contributed by atoms with Crippen LogP contribution in [-0.4, -0.2) is 41.7 Å². The fraction of sp³-hybridized carbons (Fsp3) is 0.400. The van der Waals surface area contributed by atoms with Crippen LogP contribution in [0, 0.1) is 0 Å². The van der Waals surface area contributed by atoms with Gasteiger partial charge in [0, 0.05) is 43.4 Å². The molecule has 1 aliphatic heterocycles. The molecule has 1 aromatic carbocycles.